The summed E-state index contributed by atoms with van der Waals surface area (Å²) in [6, 6.07) is 15.0. The molecule has 0 aromatic heterocycles. The number of rotatable bonds is 8. The Balaban J connectivity index is 1.48. The predicted molar refractivity (Wildman–Crippen MR) is 145 cm³/mol. The number of ether oxygens (including phenoxy) is 3. The lowest BCUT2D eigenvalue weighted by Crippen LogP contribution is -2.53. The first-order valence-electron chi connectivity index (χ1n) is 12.7. The van der Waals surface area contributed by atoms with Gasteiger partial charge in [-0.15, -0.1) is 0 Å². The monoisotopic (exact) mass is 559 g/mol. The number of hydrogen-bond acceptors (Lipinski definition) is 7. The molecule has 0 saturated carbocycles. The number of nitrogens with one attached hydrogen (secondary N) is 1. The molecule has 0 bridgehead atoms. The van der Waals surface area contributed by atoms with Gasteiger partial charge in [-0.2, -0.15) is 0 Å². The second-order valence-corrected chi connectivity index (χ2v) is 9.39. The molecule has 0 unspecified atom stereocenters. The van der Waals surface area contributed by atoms with Gasteiger partial charge in [-0.25, -0.2) is 9.18 Å². The molecule has 0 spiro atoms. The lowest BCUT2D eigenvalue weighted by Gasteiger charge is -2.27. The molecule has 2 aliphatic heterocycles. The summed E-state index contributed by atoms with van der Waals surface area (Å²) < 4.78 is 30.1. The molecule has 41 heavy (non-hydrogen) atoms. The standard InChI is InChI=1S/C30H26FN3O7/c1-33(28(36)19-6-4-3-5-7-19)13-12-20-14-24-26(41-17-40-24)25(39-2)22(20)15-23-27(35)32-30(38)34(29(23)37)16-18-8-10-21(31)11-9-18/h3-11,14-15H,12-13,16-17H2,1-2H3,(H,32,35,38)/b23-15-. The molecule has 5 rings (SSSR count). The summed E-state index contributed by atoms with van der Waals surface area (Å²) in [6.07, 6.45) is 1.66. The summed E-state index contributed by atoms with van der Waals surface area (Å²) in [5.41, 5.74) is 1.71. The number of urea groups is 1. The fraction of sp³-hybridized carbons (Fsp3) is 0.200. The number of imide groups is 2. The first-order chi connectivity index (χ1) is 19.8. The SMILES string of the molecule is COc1c(/C=C2/C(=O)NC(=O)N(Cc3ccc(F)cc3)C2=O)c(CCN(C)C(=O)c2ccccc2)cc2c1OCO2. The van der Waals surface area contributed by atoms with Crippen LogP contribution in [0.2, 0.25) is 0 Å². The number of nitrogens with zero attached hydrogens (tertiary/aromatic N) is 2. The first-order valence-corrected chi connectivity index (χ1v) is 12.7. The van der Waals surface area contributed by atoms with Crippen LogP contribution in [-0.4, -0.2) is 61.0 Å². The molecule has 1 fully saturated rings. The molecule has 3 aromatic rings. The van der Waals surface area contributed by atoms with Gasteiger partial charge in [0.15, 0.2) is 11.5 Å². The molecule has 210 valence electrons. The summed E-state index contributed by atoms with van der Waals surface area (Å²) in [4.78, 5) is 54.2. The second kappa shape index (κ2) is 11.5. The van der Waals surface area contributed by atoms with E-state index in [0.29, 0.717) is 46.7 Å². The summed E-state index contributed by atoms with van der Waals surface area (Å²) in [5, 5.41) is 2.19. The van der Waals surface area contributed by atoms with E-state index in [-0.39, 0.29) is 30.6 Å². The number of likely N-dealkylation sites (N-methyl/N-ethyl adjacent to an activating group) is 1. The van der Waals surface area contributed by atoms with E-state index in [1.165, 1.54) is 37.5 Å². The third-order valence-electron chi connectivity index (χ3n) is 6.76. The summed E-state index contributed by atoms with van der Waals surface area (Å²) >= 11 is 0. The number of amides is 5. The van der Waals surface area contributed by atoms with Crippen molar-refractivity contribution in [3.63, 3.8) is 0 Å². The largest absolute Gasteiger partial charge is 0.492 e. The van der Waals surface area contributed by atoms with Gasteiger partial charge in [-0.05, 0) is 54.0 Å². The van der Waals surface area contributed by atoms with Crippen molar-refractivity contribution in [2.45, 2.75) is 13.0 Å². The Bertz CT molecular complexity index is 1550. The van der Waals surface area contributed by atoms with Gasteiger partial charge in [-0.3, -0.25) is 24.6 Å². The zero-order chi connectivity index (χ0) is 29.1. The van der Waals surface area contributed by atoms with Crippen molar-refractivity contribution < 1.29 is 37.8 Å². The van der Waals surface area contributed by atoms with Crippen LogP contribution >= 0.6 is 0 Å². The number of carbonyl (C=O) groups is 4. The number of benzene rings is 3. The van der Waals surface area contributed by atoms with Gasteiger partial charge in [-0.1, -0.05) is 30.3 Å². The maximum atomic E-state index is 13.4. The van der Waals surface area contributed by atoms with Crippen molar-refractivity contribution in [1.82, 2.24) is 15.1 Å². The third kappa shape index (κ3) is 5.60. The lowest BCUT2D eigenvalue weighted by molar-refractivity contribution is -0.130. The van der Waals surface area contributed by atoms with Crippen LogP contribution in [0.25, 0.3) is 6.08 Å². The summed E-state index contributed by atoms with van der Waals surface area (Å²) in [7, 11) is 3.09. The molecule has 2 heterocycles. The van der Waals surface area contributed by atoms with Crippen molar-refractivity contribution in [3.05, 3.63) is 94.3 Å². The summed E-state index contributed by atoms with van der Waals surface area (Å²) in [5.74, 6) is -1.37. The van der Waals surface area contributed by atoms with Crippen LogP contribution in [0.1, 0.15) is 27.0 Å². The van der Waals surface area contributed by atoms with Crippen LogP contribution in [0.3, 0.4) is 0 Å². The molecule has 3 aromatic carbocycles. The van der Waals surface area contributed by atoms with Gasteiger partial charge >= 0.3 is 6.03 Å². The quantitative estimate of drug-likeness (QED) is 0.332. The number of fused-ring (bicyclic) bond motifs is 1. The molecule has 0 radical (unpaired) electrons. The van der Waals surface area contributed by atoms with Crippen LogP contribution in [0, 0.1) is 5.82 Å². The highest BCUT2D eigenvalue weighted by molar-refractivity contribution is 6.31. The van der Waals surface area contributed by atoms with Crippen molar-refractivity contribution in [1.29, 1.82) is 0 Å². The topological polar surface area (TPSA) is 114 Å². The van der Waals surface area contributed by atoms with Gasteiger partial charge < -0.3 is 19.1 Å². The van der Waals surface area contributed by atoms with Crippen LogP contribution < -0.4 is 19.5 Å². The van der Waals surface area contributed by atoms with Gasteiger partial charge in [0.25, 0.3) is 17.7 Å². The van der Waals surface area contributed by atoms with Crippen LogP contribution in [0.5, 0.6) is 17.2 Å². The minimum absolute atomic E-state index is 0.0447. The molecule has 1 saturated heterocycles. The van der Waals surface area contributed by atoms with Crippen LogP contribution in [-0.2, 0) is 22.6 Å². The minimum atomic E-state index is -0.889. The minimum Gasteiger partial charge on any atom is -0.492 e. The van der Waals surface area contributed by atoms with Gasteiger partial charge in [0, 0.05) is 24.7 Å². The highest BCUT2D eigenvalue weighted by Gasteiger charge is 2.37. The van der Waals surface area contributed by atoms with Gasteiger partial charge in [0.2, 0.25) is 12.5 Å². The maximum Gasteiger partial charge on any atom is 0.331 e. The molecule has 10 nitrogen and oxygen atoms in total. The Labute approximate surface area is 234 Å². The van der Waals surface area contributed by atoms with E-state index < -0.39 is 23.7 Å². The Kier molecular flexibility index (Phi) is 7.68. The molecule has 1 N–H and O–H groups in total. The first kappa shape index (κ1) is 27.4. The predicted octanol–water partition coefficient (Wildman–Crippen LogP) is 3.54. The second-order valence-electron chi connectivity index (χ2n) is 9.39. The molecular weight excluding hydrogens is 533 g/mol. The molecular formula is C30H26FN3O7. The molecule has 5 amide bonds. The Morgan fingerprint density at radius 3 is 2.54 bits per heavy atom. The lowest BCUT2D eigenvalue weighted by atomic mass is 9.97. The van der Waals surface area contributed by atoms with Crippen molar-refractivity contribution in [2.24, 2.45) is 0 Å². The van der Waals surface area contributed by atoms with Crippen LogP contribution in [0.15, 0.2) is 66.2 Å². The van der Waals surface area contributed by atoms with E-state index in [9.17, 15) is 23.6 Å². The number of barbiturate groups is 1. The number of hydrogen-bond donors (Lipinski definition) is 1. The zero-order valence-electron chi connectivity index (χ0n) is 22.3. The fourth-order valence-corrected chi connectivity index (χ4v) is 4.59. The third-order valence-corrected chi connectivity index (χ3v) is 6.76. The highest BCUT2D eigenvalue weighted by Crippen LogP contribution is 2.46. The smallest absolute Gasteiger partial charge is 0.331 e. The maximum absolute atomic E-state index is 13.4. The Morgan fingerprint density at radius 1 is 1.10 bits per heavy atom. The van der Waals surface area contributed by atoms with E-state index in [1.807, 2.05) is 6.07 Å². The van der Waals surface area contributed by atoms with E-state index in [4.69, 9.17) is 14.2 Å². The highest BCUT2D eigenvalue weighted by atomic mass is 19.1. The number of methoxy groups -OCH3 is 1. The Morgan fingerprint density at radius 2 is 1.83 bits per heavy atom. The molecule has 2 aliphatic rings. The van der Waals surface area contributed by atoms with Crippen molar-refractivity contribution in [3.8, 4) is 17.2 Å². The average Bonchev–Trinajstić information content (AvgIpc) is 3.45. The molecule has 0 aliphatic carbocycles. The van der Waals surface area contributed by atoms with Gasteiger partial charge in [0.1, 0.15) is 11.4 Å². The number of halogens is 1. The van der Waals surface area contributed by atoms with E-state index >= 15 is 0 Å². The van der Waals surface area contributed by atoms with E-state index in [2.05, 4.69) is 5.32 Å². The van der Waals surface area contributed by atoms with Crippen molar-refractivity contribution in [2.75, 3.05) is 27.5 Å². The summed E-state index contributed by atoms with van der Waals surface area (Å²) in [6.45, 7) is 0.0754. The van der Waals surface area contributed by atoms with E-state index in [1.54, 1.807) is 42.3 Å². The normalized spacial score (nSPS) is 15.2. The zero-order valence-corrected chi connectivity index (χ0v) is 22.3. The molecule has 11 heteroatoms. The van der Waals surface area contributed by atoms with Gasteiger partial charge in [0.05, 0.1) is 13.7 Å². The Hall–Kier alpha value is -5.19. The molecule has 0 atom stereocenters. The van der Waals surface area contributed by atoms with Crippen LogP contribution in [0.4, 0.5) is 9.18 Å². The average molecular weight is 560 g/mol. The number of carbonyl (C=O) groups excluding carboxylic acids is 4. The van der Waals surface area contributed by atoms with E-state index in [0.717, 1.165) is 4.90 Å². The van der Waals surface area contributed by atoms with Crippen molar-refractivity contribution >= 4 is 29.8 Å². The fourth-order valence-electron chi connectivity index (χ4n) is 4.59.